The molecule has 0 amide bonds. The van der Waals surface area contributed by atoms with E-state index in [4.69, 9.17) is 4.98 Å². The molecule has 0 fully saturated rings. The van der Waals surface area contributed by atoms with E-state index in [0.29, 0.717) is 0 Å². The van der Waals surface area contributed by atoms with Gasteiger partial charge in [0.25, 0.3) is 0 Å². The Bertz CT molecular complexity index is 709. The first-order valence-electron chi connectivity index (χ1n) is 6.18. The highest BCUT2D eigenvalue weighted by molar-refractivity contribution is 5.82. The van der Waals surface area contributed by atoms with Crippen molar-refractivity contribution in [1.29, 1.82) is 0 Å². The summed E-state index contributed by atoms with van der Waals surface area (Å²) in [4.78, 5) is 4.69. The lowest BCUT2D eigenvalue weighted by Crippen LogP contribution is -1.96. The third-order valence-corrected chi connectivity index (χ3v) is 3.28. The topological polar surface area (TPSA) is 17.8 Å². The van der Waals surface area contributed by atoms with Crippen LogP contribution >= 0.6 is 0 Å². The van der Waals surface area contributed by atoms with Gasteiger partial charge in [-0.1, -0.05) is 24.3 Å². The van der Waals surface area contributed by atoms with Gasteiger partial charge in [0.2, 0.25) is 0 Å². The van der Waals surface area contributed by atoms with Gasteiger partial charge in [0, 0.05) is 5.69 Å². The molecule has 0 bridgehead atoms. The van der Waals surface area contributed by atoms with Crippen molar-refractivity contribution in [2.75, 3.05) is 0 Å². The number of aryl methyl sites for hydroxylation is 3. The van der Waals surface area contributed by atoms with E-state index in [1.807, 2.05) is 6.07 Å². The van der Waals surface area contributed by atoms with Gasteiger partial charge < -0.3 is 0 Å². The Morgan fingerprint density at radius 1 is 0.944 bits per heavy atom. The molecule has 0 aliphatic heterocycles. The summed E-state index contributed by atoms with van der Waals surface area (Å²) < 4.78 is 2.22. The van der Waals surface area contributed by atoms with E-state index in [1.165, 1.54) is 22.3 Å². The van der Waals surface area contributed by atoms with Crippen molar-refractivity contribution in [3.63, 3.8) is 0 Å². The molecule has 1 heterocycles. The van der Waals surface area contributed by atoms with Crippen molar-refractivity contribution < 1.29 is 0 Å². The van der Waals surface area contributed by atoms with Gasteiger partial charge >= 0.3 is 0 Å². The number of fused-ring (bicyclic) bond motifs is 1. The number of nitrogens with zero attached hydrogens (tertiary/aromatic N) is 2. The Morgan fingerprint density at radius 3 is 2.39 bits per heavy atom. The molecule has 2 heteroatoms. The van der Waals surface area contributed by atoms with E-state index in [-0.39, 0.29) is 0 Å². The lowest BCUT2D eigenvalue weighted by Gasteiger charge is -2.07. The zero-order valence-corrected chi connectivity index (χ0v) is 10.9. The number of para-hydroxylation sites is 1. The molecule has 2 nitrogen and oxygen atoms in total. The Balaban J connectivity index is 2.39. The number of imidazole rings is 1. The normalized spacial score (nSPS) is 11.1. The zero-order chi connectivity index (χ0) is 12.7. The van der Waals surface area contributed by atoms with Gasteiger partial charge in [0.15, 0.2) is 0 Å². The largest absolute Gasteiger partial charge is 0.297 e. The predicted molar refractivity (Wildman–Crippen MR) is 75.3 cm³/mol. The standard InChI is InChI=1S/C16H16N2/c1-11-9-12(2)16-15(10-11)18(13(3)17-16)14-7-5-4-6-8-14/h4-10H,1-3H3. The number of benzene rings is 2. The average Bonchev–Trinajstić information content (AvgIpc) is 2.67. The SMILES string of the molecule is Cc1cc(C)c2nc(C)n(-c3ccccc3)c2c1. The van der Waals surface area contributed by atoms with Crippen LogP contribution in [0.25, 0.3) is 16.7 Å². The molecule has 0 saturated heterocycles. The number of hydrogen-bond donors (Lipinski definition) is 0. The van der Waals surface area contributed by atoms with E-state index >= 15 is 0 Å². The molecular weight excluding hydrogens is 220 g/mol. The maximum atomic E-state index is 4.69. The Hall–Kier alpha value is -2.09. The highest BCUT2D eigenvalue weighted by Crippen LogP contribution is 2.24. The van der Waals surface area contributed by atoms with Crippen molar-refractivity contribution in [3.8, 4) is 5.69 Å². The van der Waals surface area contributed by atoms with Crippen LogP contribution in [-0.4, -0.2) is 9.55 Å². The molecule has 0 atom stereocenters. The summed E-state index contributed by atoms with van der Waals surface area (Å²) in [6.07, 6.45) is 0. The van der Waals surface area contributed by atoms with E-state index in [1.54, 1.807) is 0 Å². The van der Waals surface area contributed by atoms with Crippen molar-refractivity contribution in [2.45, 2.75) is 20.8 Å². The van der Waals surface area contributed by atoms with Crippen LogP contribution in [0.15, 0.2) is 42.5 Å². The molecule has 3 rings (SSSR count). The smallest absolute Gasteiger partial charge is 0.111 e. The second kappa shape index (κ2) is 3.98. The second-order valence-electron chi connectivity index (χ2n) is 4.78. The minimum atomic E-state index is 1.03. The van der Waals surface area contributed by atoms with Crippen molar-refractivity contribution in [2.24, 2.45) is 0 Å². The number of aromatic nitrogens is 2. The molecule has 1 aromatic heterocycles. The first-order chi connectivity index (χ1) is 8.66. The van der Waals surface area contributed by atoms with Gasteiger partial charge in [-0.15, -0.1) is 0 Å². The molecule has 18 heavy (non-hydrogen) atoms. The van der Waals surface area contributed by atoms with Crippen molar-refractivity contribution in [3.05, 3.63) is 59.4 Å². The van der Waals surface area contributed by atoms with Crippen molar-refractivity contribution >= 4 is 11.0 Å². The van der Waals surface area contributed by atoms with Crippen LogP contribution < -0.4 is 0 Å². The highest BCUT2D eigenvalue weighted by atomic mass is 15.1. The fourth-order valence-corrected chi connectivity index (χ4v) is 2.54. The molecule has 0 N–H and O–H groups in total. The molecule has 90 valence electrons. The van der Waals surface area contributed by atoms with E-state index in [9.17, 15) is 0 Å². The minimum Gasteiger partial charge on any atom is -0.297 e. The highest BCUT2D eigenvalue weighted by Gasteiger charge is 2.11. The summed E-state index contributed by atoms with van der Waals surface area (Å²) in [6, 6.07) is 14.8. The number of rotatable bonds is 1. The van der Waals surface area contributed by atoms with Gasteiger partial charge in [-0.2, -0.15) is 0 Å². The Morgan fingerprint density at radius 2 is 1.67 bits per heavy atom. The van der Waals surface area contributed by atoms with Gasteiger partial charge in [-0.05, 0) is 50.1 Å². The summed E-state index contributed by atoms with van der Waals surface area (Å²) in [5.41, 5.74) is 5.97. The lowest BCUT2D eigenvalue weighted by molar-refractivity contribution is 1.00. The molecule has 0 spiro atoms. The average molecular weight is 236 g/mol. The maximum Gasteiger partial charge on any atom is 0.111 e. The fraction of sp³-hybridized carbons (Fsp3) is 0.188. The summed E-state index contributed by atoms with van der Waals surface area (Å²) >= 11 is 0. The summed E-state index contributed by atoms with van der Waals surface area (Å²) in [6.45, 7) is 6.31. The molecule has 0 unspecified atom stereocenters. The zero-order valence-electron chi connectivity index (χ0n) is 10.9. The summed E-state index contributed by atoms with van der Waals surface area (Å²) in [5, 5.41) is 0. The third kappa shape index (κ3) is 1.61. The van der Waals surface area contributed by atoms with Gasteiger partial charge in [-0.3, -0.25) is 4.57 Å². The summed E-state index contributed by atoms with van der Waals surface area (Å²) in [5.74, 6) is 1.03. The fourth-order valence-electron chi connectivity index (χ4n) is 2.54. The van der Waals surface area contributed by atoms with Crippen LogP contribution in [0.3, 0.4) is 0 Å². The van der Waals surface area contributed by atoms with Crippen LogP contribution in [0.1, 0.15) is 17.0 Å². The maximum absolute atomic E-state index is 4.69. The van der Waals surface area contributed by atoms with Crippen LogP contribution in [-0.2, 0) is 0 Å². The van der Waals surface area contributed by atoms with E-state index < -0.39 is 0 Å². The first kappa shape index (κ1) is 11.0. The van der Waals surface area contributed by atoms with Crippen LogP contribution in [0, 0.1) is 20.8 Å². The predicted octanol–water partition coefficient (Wildman–Crippen LogP) is 3.95. The minimum absolute atomic E-state index is 1.03. The van der Waals surface area contributed by atoms with E-state index in [0.717, 1.165) is 11.3 Å². The third-order valence-electron chi connectivity index (χ3n) is 3.28. The second-order valence-corrected chi connectivity index (χ2v) is 4.78. The molecule has 0 saturated carbocycles. The molecule has 2 aromatic carbocycles. The molecule has 0 radical (unpaired) electrons. The molecule has 0 aliphatic rings. The van der Waals surface area contributed by atoms with Gasteiger partial charge in [0.05, 0.1) is 11.0 Å². The number of hydrogen-bond acceptors (Lipinski definition) is 1. The Labute approximate surface area is 107 Å². The van der Waals surface area contributed by atoms with Crippen LogP contribution in [0.2, 0.25) is 0 Å². The molecular formula is C16H16N2. The first-order valence-corrected chi connectivity index (χ1v) is 6.18. The van der Waals surface area contributed by atoms with Gasteiger partial charge in [0.1, 0.15) is 5.82 Å². The molecule has 0 aliphatic carbocycles. The van der Waals surface area contributed by atoms with Crippen LogP contribution in [0.4, 0.5) is 0 Å². The lowest BCUT2D eigenvalue weighted by atomic mass is 10.1. The van der Waals surface area contributed by atoms with E-state index in [2.05, 4.69) is 61.7 Å². The Kier molecular flexibility index (Phi) is 2.44. The van der Waals surface area contributed by atoms with Gasteiger partial charge in [-0.25, -0.2) is 4.98 Å². The van der Waals surface area contributed by atoms with Crippen molar-refractivity contribution in [1.82, 2.24) is 9.55 Å². The van der Waals surface area contributed by atoms with Crippen LogP contribution in [0.5, 0.6) is 0 Å². The molecule has 3 aromatic rings. The summed E-state index contributed by atoms with van der Waals surface area (Å²) in [7, 11) is 0. The monoisotopic (exact) mass is 236 g/mol. The quantitative estimate of drug-likeness (QED) is 0.625.